The molecule has 4 rings (SSSR count). The van der Waals surface area contributed by atoms with E-state index in [9.17, 15) is 9.59 Å². The van der Waals surface area contributed by atoms with Gasteiger partial charge in [0.05, 0.1) is 16.8 Å². The number of H-pyrrole nitrogens is 1. The molecule has 1 aromatic carbocycles. The Balaban J connectivity index is 1.49. The van der Waals surface area contributed by atoms with E-state index in [4.69, 9.17) is 0 Å². The molecule has 0 fully saturated rings. The minimum atomic E-state index is -0.145. The van der Waals surface area contributed by atoms with E-state index in [1.165, 1.54) is 16.6 Å². The molecule has 0 spiro atoms. The quantitative estimate of drug-likeness (QED) is 0.480. The van der Waals surface area contributed by atoms with Crippen LogP contribution in [0.4, 0.5) is 5.69 Å². The van der Waals surface area contributed by atoms with Gasteiger partial charge in [0.25, 0.3) is 5.56 Å². The van der Waals surface area contributed by atoms with Crippen molar-refractivity contribution in [2.24, 2.45) is 0 Å². The molecule has 1 aliphatic carbocycles. The molecule has 8 heteroatoms. The van der Waals surface area contributed by atoms with Crippen LogP contribution in [0.5, 0.6) is 0 Å². The molecule has 128 valence electrons. The second-order valence-corrected chi connectivity index (χ2v) is 8.63. The predicted octanol–water partition coefficient (Wildman–Crippen LogP) is 3.97. The largest absolute Gasteiger partial charge is 0.324 e. The van der Waals surface area contributed by atoms with Crippen molar-refractivity contribution in [1.29, 1.82) is 0 Å². The summed E-state index contributed by atoms with van der Waals surface area (Å²) in [5.41, 5.74) is 1.79. The molecule has 0 saturated carbocycles. The fourth-order valence-electron chi connectivity index (χ4n) is 2.93. The van der Waals surface area contributed by atoms with Crippen LogP contribution in [0, 0.1) is 0 Å². The molecule has 0 bridgehead atoms. The summed E-state index contributed by atoms with van der Waals surface area (Å²) < 4.78 is 0.828. The summed E-state index contributed by atoms with van der Waals surface area (Å²) in [4.78, 5) is 33.9. The summed E-state index contributed by atoms with van der Waals surface area (Å²) in [5, 5.41) is 4.06. The summed E-state index contributed by atoms with van der Waals surface area (Å²) in [6, 6.07) is 7.44. The molecule has 0 atom stereocenters. The van der Waals surface area contributed by atoms with Crippen molar-refractivity contribution in [3.63, 3.8) is 0 Å². The van der Waals surface area contributed by atoms with Gasteiger partial charge in [0.2, 0.25) is 5.91 Å². The lowest BCUT2D eigenvalue weighted by atomic mass is 10.2. The summed E-state index contributed by atoms with van der Waals surface area (Å²) in [6.45, 7) is 0. The normalized spacial score (nSPS) is 13.2. The standard InChI is InChI=1S/C17H14BrN3O2S2/c18-10-5-1-2-6-11(10)19-13(22)8-24-17-20-15(23)14-9-4-3-7-12(9)25-16(14)21-17/h1-2,5-6H,3-4,7-8H2,(H,19,22)(H,20,21,23). The molecule has 1 amide bonds. The third-order valence-electron chi connectivity index (χ3n) is 4.04. The van der Waals surface area contributed by atoms with Crippen LogP contribution in [0.2, 0.25) is 0 Å². The number of para-hydroxylation sites is 1. The number of amides is 1. The van der Waals surface area contributed by atoms with Crippen LogP contribution in [-0.2, 0) is 17.6 Å². The first kappa shape index (κ1) is 16.8. The van der Waals surface area contributed by atoms with Crippen LogP contribution in [-0.4, -0.2) is 21.6 Å². The predicted molar refractivity (Wildman–Crippen MR) is 106 cm³/mol. The minimum absolute atomic E-state index is 0.0990. The van der Waals surface area contributed by atoms with Gasteiger partial charge in [0.15, 0.2) is 5.16 Å². The third-order valence-corrected chi connectivity index (χ3v) is 6.79. The van der Waals surface area contributed by atoms with Crippen LogP contribution in [0.3, 0.4) is 0 Å². The van der Waals surface area contributed by atoms with Gasteiger partial charge in [-0.3, -0.25) is 9.59 Å². The Morgan fingerprint density at radius 2 is 2.20 bits per heavy atom. The van der Waals surface area contributed by atoms with Crippen molar-refractivity contribution < 1.29 is 4.79 Å². The van der Waals surface area contributed by atoms with Crippen LogP contribution in [0.1, 0.15) is 16.9 Å². The number of aromatic nitrogens is 2. The summed E-state index contributed by atoms with van der Waals surface area (Å²) in [7, 11) is 0. The average Bonchev–Trinajstić information content (AvgIpc) is 3.15. The third kappa shape index (κ3) is 3.38. The maximum Gasteiger partial charge on any atom is 0.260 e. The number of aryl methyl sites for hydroxylation is 2. The van der Waals surface area contributed by atoms with E-state index in [0.717, 1.165) is 45.2 Å². The summed E-state index contributed by atoms with van der Waals surface area (Å²) in [5.74, 6) is 0.0363. The van der Waals surface area contributed by atoms with Gasteiger partial charge in [-0.1, -0.05) is 23.9 Å². The molecule has 0 saturated heterocycles. The first-order valence-corrected chi connectivity index (χ1v) is 10.4. The van der Waals surface area contributed by atoms with Crippen LogP contribution >= 0.6 is 39.0 Å². The number of aromatic amines is 1. The van der Waals surface area contributed by atoms with Crippen LogP contribution in [0.25, 0.3) is 10.2 Å². The van der Waals surface area contributed by atoms with E-state index in [2.05, 4.69) is 31.2 Å². The molecule has 1 aliphatic rings. The number of halogens is 1. The highest BCUT2D eigenvalue weighted by molar-refractivity contribution is 9.10. The second-order valence-electron chi connectivity index (χ2n) is 5.73. The first-order valence-electron chi connectivity index (χ1n) is 7.83. The van der Waals surface area contributed by atoms with Crippen LogP contribution < -0.4 is 10.9 Å². The van der Waals surface area contributed by atoms with Gasteiger partial charge < -0.3 is 10.3 Å². The lowest BCUT2D eigenvalue weighted by Crippen LogP contribution is -2.15. The number of nitrogens with one attached hydrogen (secondary N) is 2. The zero-order chi connectivity index (χ0) is 17.4. The molecule has 3 aromatic rings. The molecule has 25 heavy (non-hydrogen) atoms. The molecule has 2 aromatic heterocycles. The molecular weight excluding hydrogens is 422 g/mol. The monoisotopic (exact) mass is 435 g/mol. The number of thioether (sulfide) groups is 1. The van der Waals surface area contributed by atoms with Crippen molar-refractivity contribution >= 4 is 60.8 Å². The zero-order valence-electron chi connectivity index (χ0n) is 13.1. The second kappa shape index (κ2) is 6.93. The fraction of sp³-hybridized carbons (Fsp3) is 0.235. The molecule has 0 radical (unpaired) electrons. The van der Waals surface area contributed by atoms with E-state index in [1.807, 2.05) is 24.3 Å². The maximum atomic E-state index is 12.4. The lowest BCUT2D eigenvalue weighted by molar-refractivity contribution is -0.113. The van der Waals surface area contributed by atoms with Crippen molar-refractivity contribution in [2.45, 2.75) is 24.4 Å². The number of fused-ring (bicyclic) bond motifs is 3. The van der Waals surface area contributed by atoms with E-state index in [-0.39, 0.29) is 17.2 Å². The molecule has 2 heterocycles. The Kier molecular flexibility index (Phi) is 4.66. The molecule has 0 aliphatic heterocycles. The highest BCUT2D eigenvalue weighted by Crippen LogP contribution is 2.35. The number of thiophene rings is 1. The number of carbonyl (C=O) groups is 1. The average molecular weight is 436 g/mol. The Bertz CT molecular complexity index is 1030. The number of rotatable bonds is 4. The number of hydrogen-bond acceptors (Lipinski definition) is 5. The van der Waals surface area contributed by atoms with Gasteiger partial charge in [-0.25, -0.2) is 4.98 Å². The summed E-state index contributed by atoms with van der Waals surface area (Å²) in [6.07, 6.45) is 3.11. The van der Waals surface area contributed by atoms with E-state index >= 15 is 0 Å². The topological polar surface area (TPSA) is 74.8 Å². The van der Waals surface area contributed by atoms with Gasteiger partial charge in [-0.2, -0.15) is 0 Å². The number of carbonyl (C=O) groups excluding carboxylic acids is 1. The van der Waals surface area contributed by atoms with Crippen molar-refractivity contribution in [1.82, 2.24) is 9.97 Å². The first-order chi connectivity index (χ1) is 12.1. The van der Waals surface area contributed by atoms with Crippen molar-refractivity contribution in [3.8, 4) is 0 Å². The molecule has 2 N–H and O–H groups in total. The SMILES string of the molecule is O=C(CSc1nc2sc3c(c2c(=O)[nH]1)CCC3)Nc1ccccc1Br. The van der Waals surface area contributed by atoms with E-state index in [0.29, 0.717) is 5.16 Å². The van der Waals surface area contributed by atoms with Crippen molar-refractivity contribution in [2.75, 3.05) is 11.1 Å². The Morgan fingerprint density at radius 1 is 1.36 bits per heavy atom. The van der Waals surface area contributed by atoms with E-state index in [1.54, 1.807) is 11.3 Å². The molecule has 5 nitrogen and oxygen atoms in total. The van der Waals surface area contributed by atoms with Gasteiger partial charge in [-0.05, 0) is 52.9 Å². The van der Waals surface area contributed by atoms with Gasteiger partial charge in [0, 0.05) is 9.35 Å². The van der Waals surface area contributed by atoms with Gasteiger partial charge in [-0.15, -0.1) is 11.3 Å². The van der Waals surface area contributed by atoms with E-state index < -0.39 is 0 Å². The fourth-order valence-corrected chi connectivity index (χ4v) is 5.30. The summed E-state index contributed by atoms with van der Waals surface area (Å²) >= 11 is 6.24. The lowest BCUT2D eigenvalue weighted by Gasteiger charge is -2.06. The highest BCUT2D eigenvalue weighted by atomic mass is 79.9. The Hall–Kier alpha value is -1.64. The van der Waals surface area contributed by atoms with Gasteiger partial charge >= 0.3 is 0 Å². The molecular formula is C17H14BrN3O2S2. The smallest absolute Gasteiger partial charge is 0.260 e. The number of anilines is 1. The highest BCUT2D eigenvalue weighted by Gasteiger charge is 2.21. The van der Waals surface area contributed by atoms with Gasteiger partial charge in [0.1, 0.15) is 4.83 Å². The minimum Gasteiger partial charge on any atom is -0.324 e. The number of hydrogen-bond donors (Lipinski definition) is 2. The number of benzene rings is 1. The Morgan fingerprint density at radius 3 is 3.04 bits per heavy atom. The Labute approximate surface area is 160 Å². The van der Waals surface area contributed by atoms with Crippen LogP contribution in [0.15, 0.2) is 38.7 Å². The van der Waals surface area contributed by atoms with Crippen molar-refractivity contribution in [3.05, 3.63) is 49.5 Å². The maximum absolute atomic E-state index is 12.4. The zero-order valence-corrected chi connectivity index (χ0v) is 16.3. The molecule has 0 unspecified atom stereocenters. The number of nitrogens with zero attached hydrogens (tertiary/aromatic N) is 1.